The number of fused-ring (bicyclic) bond motifs is 1. The number of anilines is 1. The van der Waals surface area contributed by atoms with Crippen molar-refractivity contribution in [1.82, 2.24) is 9.55 Å². The first-order valence-electron chi connectivity index (χ1n) is 10.5. The van der Waals surface area contributed by atoms with Gasteiger partial charge in [0, 0.05) is 26.5 Å². The first kappa shape index (κ1) is 21.1. The maximum absolute atomic E-state index is 13.3. The Labute approximate surface area is 173 Å². The first-order valence-corrected chi connectivity index (χ1v) is 10.5. The number of nitrogens with zero attached hydrogens (tertiary/aromatic N) is 3. The van der Waals surface area contributed by atoms with E-state index in [2.05, 4.69) is 49.6 Å². The molecule has 0 aliphatic carbocycles. The zero-order valence-corrected chi connectivity index (χ0v) is 17.9. The number of rotatable bonds is 9. The fourth-order valence-corrected chi connectivity index (χ4v) is 3.94. The number of aryl methyl sites for hydroxylation is 4. The Balaban J connectivity index is 1.89. The summed E-state index contributed by atoms with van der Waals surface area (Å²) in [4.78, 5) is 19.8. The molecule has 0 aliphatic rings. The Kier molecular flexibility index (Phi) is 7.04. The van der Waals surface area contributed by atoms with Crippen LogP contribution in [0.5, 0.6) is 0 Å². The number of aromatic nitrogens is 2. The third-order valence-electron chi connectivity index (χ3n) is 5.39. The standard InChI is InChI=1S/C24H31N3O2/c1-5-18-11-10-12-19(6-2)24(18)27(17-29-4)23(28)15-16-26-21-14-9-8-13-20(21)25-22(26)7-3/h8-14H,5-7,15-17H2,1-4H3. The van der Waals surface area contributed by atoms with Crippen molar-refractivity contribution < 1.29 is 9.53 Å². The van der Waals surface area contributed by atoms with Crippen LogP contribution >= 0.6 is 0 Å². The van der Waals surface area contributed by atoms with Crippen LogP contribution in [0.2, 0.25) is 0 Å². The summed E-state index contributed by atoms with van der Waals surface area (Å²) in [5.41, 5.74) is 5.43. The second kappa shape index (κ2) is 9.70. The molecular weight excluding hydrogens is 362 g/mol. The molecule has 1 heterocycles. The van der Waals surface area contributed by atoms with Gasteiger partial charge in [0.05, 0.1) is 16.7 Å². The predicted molar refractivity (Wildman–Crippen MR) is 118 cm³/mol. The summed E-state index contributed by atoms with van der Waals surface area (Å²) in [6.07, 6.45) is 2.99. The second-order valence-electron chi connectivity index (χ2n) is 7.14. The molecule has 0 spiro atoms. The van der Waals surface area contributed by atoms with E-state index < -0.39 is 0 Å². The Morgan fingerprint density at radius 2 is 1.69 bits per heavy atom. The summed E-state index contributed by atoms with van der Waals surface area (Å²) < 4.78 is 7.59. The van der Waals surface area contributed by atoms with E-state index in [1.165, 1.54) is 11.1 Å². The van der Waals surface area contributed by atoms with Crippen LogP contribution < -0.4 is 4.90 Å². The molecule has 0 fully saturated rings. The highest BCUT2D eigenvalue weighted by atomic mass is 16.5. The Morgan fingerprint density at radius 3 is 2.31 bits per heavy atom. The van der Waals surface area contributed by atoms with Crippen LogP contribution in [0.25, 0.3) is 11.0 Å². The number of carbonyl (C=O) groups is 1. The van der Waals surface area contributed by atoms with E-state index in [0.717, 1.165) is 41.8 Å². The Morgan fingerprint density at radius 1 is 1.00 bits per heavy atom. The number of imidazole rings is 1. The molecule has 0 saturated heterocycles. The number of methoxy groups -OCH3 is 1. The van der Waals surface area contributed by atoms with Gasteiger partial charge in [-0.25, -0.2) is 4.98 Å². The van der Waals surface area contributed by atoms with Crippen LogP contribution in [0.1, 0.15) is 44.1 Å². The van der Waals surface area contributed by atoms with Crippen molar-refractivity contribution >= 4 is 22.6 Å². The third-order valence-corrected chi connectivity index (χ3v) is 5.39. The van der Waals surface area contributed by atoms with Gasteiger partial charge in [-0.3, -0.25) is 9.69 Å². The van der Waals surface area contributed by atoms with Gasteiger partial charge in [0.1, 0.15) is 12.6 Å². The van der Waals surface area contributed by atoms with E-state index in [4.69, 9.17) is 9.72 Å². The normalized spacial score (nSPS) is 11.2. The van der Waals surface area contributed by atoms with Gasteiger partial charge in [-0.1, -0.05) is 51.1 Å². The zero-order chi connectivity index (χ0) is 20.8. The lowest BCUT2D eigenvalue weighted by Gasteiger charge is -2.27. The quantitative estimate of drug-likeness (QED) is 0.493. The zero-order valence-electron chi connectivity index (χ0n) is 17.9. The molecule has 3 aromatic rings. The van der Waals surface area contributed by atoms with Gasteiger partial charge in [0.2, 0.25) is 5.91 Å². The summed E-state index contributed by atoms with van der Waals surface area (Å²) >= 11 is 0. The van der Waals surface area contributed by atoms with E-state index in [1.807, 2.05) is 23.1 Å². The summed E-state index contributed by atoms with van der Waals surface area (Å²) in [6.45, 7) is 7.21. The lowest BCUT2D eigenvalue weighted by atomic mass is 10.0. The van der Waals surface area contributed by atoms with Gasteiger partial charge < -0.3 is 9.30 Å². The van der Waals surface area contributed by atoms with E-state index in [1.54, 1.807) is 7.11 Å². The Bertz CT molecular complexity index is 955. The average Bonchev–Trinajstić information content (AvgIpc) is 3.13. The van der Waals surface area contributed by atoms with Crippen LogP contribution in [-0.4, -0.2) is 29.3 Å². The maximum Gasteiger partial charge on any atom is 0.230 e. The minimum Gasteiger partial charge on any atom is -0.364 e. The summed E-state index contributed by atoms with van der Waals surface area (Å²) in [5.74, 6) is 1.09. The smallest absolute Gasteiger partial charge is 0.230 e. The van der Waals surface area contributed by atoms with Crippen molar-refractivity contribution in [3.05, 3.63) is 59.4 Å². The molecular formula is C24H31N3O2. The third kappa shape index (κ3) is 4.35. The van der Waals surface area contributed by atoms with Crippen molar-refractivity contribution in [3.8, 4) is 0 Å². The molecule has 2 aromatic carbocycles. The molecule has 0 aliphatic heterocycles. The van der Waals surface area contributed by atoms with Gasteiger partial charge in [0.15, 0.2) is 0 Å². The van der Waals surface area contributed by atoms with Gasteiger partial charge in [0.25, 0.3) is 0 Å². The lowest BCUT2D eigenvalue weighted by Crippen LogP contribution is -2.35. The molecule has 29 heavy (non-hydrogen) atoms. The van der Waals surface area contributed by atoms with Crippen LogP contribution in [0.4, 0.5) is 5.69 Å². The number of carbonyl (C=O) groups excluding carboxylic acids is 1. The fourth-order valence-electron chi connectivity index (χ4n) is 3.94. The summed E-state index contributed by atoms with van der Waals surface area (Å²) in [7, 11) is 1.64. The highest BCUT2D eigenvalue weighted by molar-refractivity contribution is 5.95. The molecule has 154 valence electrons. The number of amides is 1. The molecule has 5 heteroatoms. The Hall–Kier alpha value is -2.66. The van der Waals surface area contributed by atoms with Crippen LogP contribution in [0.3, 0.4) is 0 Å². The van der Waals surface area contributed by atoms with Gasteiger partial charge in [-0.2, -0.15) is 0 Å². The van der Waals surface area contributed by atoms with Crippen LogP contribution in [-0.2, 0) is 35.3 Å². The molecule has 0 bridgehead atoms. The van der Waals surface area contributed by atoms with E-state index in [0.29, 0.717) is 13.0 Å². The second-order valence-corrected chi connectivity index (χ2v) is 7.14. The van der Waals surface area contributed by atoms with Crippen molar-refractivity contribution in [3.63, 3.8) is 0 Å². The molecule has 0 radical (unpaired) electrons. The SMILES string of the molecule is CCc1cccc(CC)c1N(COC)C(=O)CCn1c(CC)nc2ccccc21. The highest BCUT2D eigenvalue weighted by Crippen LogP contribution is 2.28. The van der Waals surface area contributed by atoms with Crippen molar-refractivity contribution in [2.45, 2.75) is 53.0 Å². The molecule has 1 amide bonds. The molecule has 0 atom stereocenters. The summed E-state index contributed by atoms with van der Waals surface area (Å²) in [5, 5.41) is 0. The molecule has 5 nitrogen and oxygen atoms in total. The molecule has 1 aromatic heterocycles. The predicted octanol–water partition coefficient (Wildman–Crippen LogP) is 4.75. The number of hydrogen-bond acceptors (Lipinski definition) is 3. The van der Waals surface area contributed by atoms with Crippen LogP contribution in [0.15, 0.2) is 42.5 Å². The number of hydrogen-bond donors (Lipinski definition) is 0. The minimum absolute atomic E-state index is 0.0716. The number of benzene rings is 2. The largest absolute Gasteiger partial charge is 0.364 e. The molecule has 0 N–H and O–H groups in total. The van der Waals surface area contributed by atoms with Crippen LogP contribution in [0, 0.1) is 0 Å². The minimum atomic E-state index is 0.0716. The lowest BCUT2D eigenvalue weighted by molar-refractivity contribution is -0.119. The van der Waals surface area contributed by atoms with E-state index in [9.17, 15) is 4.79 Å². The molecule has 0 unspecified atom stereocenters. The maximum atomic E-state index is 13.3. The van der Waals surface area contributed by atoms with Crippen molar-refractivity contribution in [2.75, 3.05) is 18.7 Å². The van der Waals surface area contributed by atoms with Gasteiger partial charge in [-0.15, -0.1) is 0 Å². The monoisotopic (exact) mass is 393 g/mol. The number of ether oxygens (including phenoxy) is 1. The van der Waals surface area contributed by atoms with Gasteiger partial charge >= 0.3 is 0 Å². The fraction of sp³-hybridized carbons (Fsp3) is 0.417. The highest BCUT2D eigenvalue weighted by Gasteiger charge is 2.21. The van der Waals surface area contributed by atoms with Crippen molar-refractivity contribution in [1.29, 1.82) is 0 Å². The molecule has 0 saturated carbocycles. The number of para-hydroxylation sites is 3. The van der Waals surface area contributed by atoms with Crippen molar-refractivity contribution in [2.24, 2.45) is 0 Å². The summed E-state index contributed by atoms with van der Waals surface area (Å²) in [6, 6.07) is 14.4. The first-order chi connectivity index (χ1) is 14.1. The van der Waals surface area contributed by atoms with E-state index >= 15 is 0 Å². The van der Waals surface area contributed by atoms with E-state index in [-0.39, 0.29) is 12.6 Å². The average molecular weight is 394 g/mol. The molecule has 3 rings (SSSR count). The topological polar surface area (TPSA) is 47.4 Å². The van der Waals surface area contributed by atoms with Gasteiger partial charge in [-0.05, 0) is 36.1 Å².